The minimum atomic E-state index is 0. The van der Waals surface area contributed by atoms with E-state index < -0.39 is 0 Å². The van der Waals surface area contributed by atoms with Crippen LogP contribution in [0.25, 0.3) is 11.1 Å². The van der Waals surface area contributed by atoms with E-state index in [-0.39, 0.29) is 8.41 Å². The van der Waals surface area contributed by atoms with Crippen molar-refractivity contribution in [2.45, 2.75) is 41.5 Å². The Balaban J connectivity index is 0. The number of ether oxygens (including phenoxy) is 1. The maximum absolute atomic E-state index is 6.03. The van der Waals surface area contributed by atoms with E-state index in [0.717, 1.165) is 18.9 Å². The third kappa shape index (κ3) is 9.10. The lowest BCUT2D eigenvalue weighted by atomic mass is 10.00. The maximum atomic E-state index is 6.03. The van der Waals surface area contributed by atoms with Crippen LogP contribution >= 0.6 is 0 Å². The van der Waals surface area contributed by atoms with Crippen molar-refractivity contribution in [3.8, 4) is 16.9 Å². The number of hydrogen-bond donors (Lipinski definition) is 0. The summed E-state index contributed by atoms with van der Waals surface area (Å²) in [4.78, 5) is 2.20. The lowest BCUT2D eigenvalue weighted by Gasteiger charge is -2.19. The molecule has 2 aromatic carbocycles. The topological polar surface area (TPSA) is 12.5 Å². The van der Waals surface area contributed by atoms with Crippen molar-refractivity contribution in [1.82, 2.24) is 4.90 Å². The van der Waals surface area contributed by atoms with Gasteiger partial charge in [-0.3, -0.25) is 0 Å². The molecule has 0 unspecified atom stereocenters. The van der Waals surface area contributed by atoms with Crippen molar-refractivity contribution in [1.29, 1.82) is 0 Å². The van der Waals surface area contributed by atoms with Crippen molar-refractivity contribution >= 4 is 8.41 Å². The van der Waals surface area contributed by atoms with E-state index in [9.17, 15) is 0 Å². The molecular weight excluding hydrogens is 317 g/mol. The molecule has 143 valence electrons. The fourth-order valence-corrected chi connectivity index (χ4v) is 2.61. The third-order valence-electron chi connectivity index (χ3n) is 3.57. The van der Waals surface area contributed by atoms with E-state index in [1.807, 2.05) is 33.8 Å². The second kappa shape index (κ2) is 15.5. The monoisotopic (exact) mass is 354 g/mol. The van der Waals surface area contributed by atoms with E-state index in [1.54, 1.807) is 0 Å². The van der Waals surface area contributed by atoms with Crippen LogP contribution in [-0.4, -0.2) is 40.6 Å². The van der Waals surface area contributed by atoms with Gasteiger partial charge in [0, 0.05) is 20.9 Å². The van der Waals surface area contributed by atoms with Gasteiger partial charge in [0.2, 0.25) is 0 Å². The summed E-state index contributed by atoms with van der Waals surface area (Å²) in [5, 5.41) is 0. The molecule has 0 aliphatic carbocycles. The summed E-state index contributed by atoms with van der Waals surface area (Å²) in [6.07, 6.45) is 0. The average Bonchev–Trinajstić information content (AvgIpc) is 2.64. The van der Waals surface area contributed by atoms with Crippen LogP contribution < -0.4 is 4.74 Å². The van der Waals surface area contributed by atoms with Crippen LogP contribution in [0.3, 0.4) is 0 Å². The predicted molar refractivity (Wildman–Crippen MR) is 118 cm³/mol. The largest absolute Gasteiger partial charge is 0.493 e. The fourth-order valence-electron chi connectivity index (χ4n) is 2.61. The van der Waals surface area contributed by atoms with E-state index in [4.69, 9.17) is 4.74 Å². The van der Waals surface area contributed by atoms with E-state index in [0.29, 0.717) is 5.92 Å². The minimum absolute atomic E-state index is 0. The zero-order valence-corrected chi connectivity index (χ0v) is 18.0. The normalized spacial score (nSPS) is 10.5. The number of rotatable bonds is 6. The molecule has 0 aromatic heterocycles. The molecular formula is C23H37BNO. The molecule has 0 aliphatic heterocycles. The highest BCUT2D eigenvalue weighted by Gasteiger charge is 2.09. The second-order valence-corrected chi connectivity index (χ2v) is 5.97. The Morgan fingerprint density at radius 2 is 1.46 bits per heavy atom. The van der Waals surface area contributed by atoms with Crippen LogP contribution in [0.5, 0.6) is 5.75 Å². The third-order valence-corrected chi connectivity index (χ3v) is 3.57. The van der Waals surface area contributed by atoms with Crippen LogP contribution in [0.15, 0.2) is 48.5 Å². The summed E-state index contributed by atoms with van der Waals surface area (Å²) in [6.45, 7) is 14.1. The van der Waals surface area contributed by atoms with Gasteiger partial charge in [-0.05, 0) is 43.8 Å². The highest BCUT2D eigenvalue weighted by molar-refractivity contribution is 5.75. The van der Waals surface area contributed by atoms with Crippen LogP contribution in [0.2, 0.25) is 0 Å². The van der Waals surface area contributed by atoms with Crippen molar-refractivity contribution in [3.63, 3.8) is 0 Å². The van der Waals surface area contributed by atoms with Gasteiger partial charge in [-0.2, -0.15) is 0 Å². The molecule has 0 N–H and O–H groups in total. The fraction of sp³-hybridized carbons (Fsp3) is 0.478. The van der Waals surface area contributed by atoms with Gasteiger partial charge in [-0.25, -0.2) is 0 Å². The molecule has 0 saturated heterocycles. The van der Waals surface area contributed by atoms with Gasteiger partial charge in [-0.15, -0.1) is 0 Å². The first-order valence-electron chi connectivity index (χ1n) is 9.50. The Labute approximate surface area is 164 Å². The first-order valence-corrected chi connectivity index (χ1v) is 9.50. The molecule has 2 nitrogen and oxygen atoms in total. The van der Waals surface area contributed by atoms with Crippen LogP contribution in [0, 0.1) is 12.8 Å². The molecule has 3 heteroatoms. The first kappa shape index (κ1) is 26.5. The smallest absolute Gasteiger partial charge is 0.122 e. The zero-order valence-electron chi connectivity index (χ0n) is 18.0. The van der Waals surface area contributed by atoms with Crippen LogP contribution in [-0.2, 0) is 0 Å². The molecule has 0 amide bonds. The molecule has 2 aromatic rings. The van der Waals surface area contributed by atoms with Gasteiger partial charge < -0.3 is 9.64 Å². The molecule has 0 saturated carbocycles. The van der Waals surface area contributed by atoms with Crippen molar-refractivity contribution in [2.75, 3.05) is 27.2 Å². The van der Waals surface area contributed by atoms with Gasteiger partial charge in [-0.1, -0.05) is 77.1 Å². The van der Waals surface area contributed by atoms with E-state index in [2.05, 4.69) is 75.3 Å². The lowest BCUT2D eigenvalue weighted by Crippen LogP contribution is -2.24. The zero-order chi connectivity index (χ0) is 19.2. The second-order valence-electron chi connectivity index (χ2n) is 5.97. The highest BCUT2D eigenvalue weighted by Crippen LogP contribution is 2.30. The van der Waals surface area contributed by atoms with Crippen LogP contribution in [0.4, 0.5) is 0 Å². The summed E-state index contributed by atoms with van der Waals surface area (Å²) < 4.78 is 6.03. The van der Waals surface area contributed by atoms with Gasteiger partial charge in [0.25, 0.3) is 0 Å². The van der Waals surface area contributed by atoms with Crippen molar-refractivity contribution in [3.05, 3.63) is 54.1 Å². The Morgan fingerprint density at radius 1 is 0.885 bits per heavy atom. The first-order chi connectivity index (χ1) is 12.1. The molecule has 2 rings (SSSR count). The highest BCUT2D eigenvalue weighted by atomic mass is 16.5. The van der Waals surface area contributed by atoms with Gasteiger partial charge in [0.05, 0.1) is 6.61 Å². The SMILES string of the molecule is CC.CC.Cc1c(OC[C@H](C)CN(C)C)cccc1-c1ccccc1.[B]. The number of benzene rings is 2. The standard InChI is InChI=1S/C19H25NO.2C2H6.B/c1-15(13-20(3)4)14-21-19-12-8-11-18(16(19)2)17-9-6-5-7-10-17;2*1-2;/h5-12,15H,13-14H2,1-4H3;2*1-2H3;/t15-;;;/m1.../s1. The molecule has 0 fully saturated rings. The lowest BCUT2D eigenvalue weighted by molar-refractivity contribution is 0.221. The summed E-state index contributed by atoms with van der Waals surface area (Å²) in [5.74, 6) is 1.50. The quantitative estimate of drug-likeness (QED) is 0.598. The van der Waals surface area contributed by atoms with E-state index >= 15 is 0 Å². The predicted octanol–water partition coefficient (Wildman–Crippen LogP) is 5.91. The Kier molecular flexibility index (Phi) is 15.8. The molecule has 0 aliphatic rings. The molecule has 3 radical (unpaired) electrons. The van der Waals surface area contributed by atoms with E-state index in [1.165, 1.54) is 16.7 Å². The molecule has 0 bridgehead atoms. The Hall–Kier alpha value is -1.74. The molecule has 26 heavy (non-hydrogen) atoms. The Morgan fingerprint density at radius 3 is 2.00 bits per heavy atom. The van der Waals surface area contributed by atoms with Gasteiger partial charge >= 0.3 is 0 Å². The van der Waals surface area contributed by atoms with Crippen LogP contribution in [0.1, 0.15) is 40.2 Å². The molecule has 0 heterocycles. The maximum Gasteiger partial charge on any atom is 0.122 e. The number of nitrogens with zero attached hydrogens (tertiary/aromatic N) is 1. The van der Waals surface area contributed by atoms with Gasteiger partial charge in [0.15, 0.2) is 0 Å². The molecule has 0 spiro atoms. The average molecular weight is 354 g/mol. The van der Waals surface area contributed by atoms with Crippen molar-refractivity contribution in [2.24, 2.45) is 5.92 Å². The minimum Gasteiger partial charge on any atom is -0.493 e. The number of hydrogen-bond acceptors (Lipinski definition) is 2. The van der Waals surface area contributed by atoms with Gasteiger partial charge in [0.1, 0.15) is 5.75 Å². The Bertz CT molecular complexity index is 570. The molecule has 1 atom stereocenters. The van der Waals surface area contributed by atoms with Crippen molar-refractivity contribution < 1.29 is 4.74 Å². The summed E-state index contributed by atoms with van der Waals surface area (Å²) >= 11 is 0. The summed E-state index contributed by atoms with van der Waals surface area (Å²) in [5.41, 5.74) is 3.69. The summed E-state index contributed by atoms with van der Waals surface area (Å²) in [7, 11) is 4.19. The summed E-state index contributed by atoms with van der Waals surface area (Å²) in [6, 6.07) is 16.7.